The zero-order valence-corrected chi connectivity index (χ0v) is 7.25. The highest BCUT2D eigenvalue weighted by atomic mass is 17.1. The average molecular weight is 199 g/mol. The van der Waals surface area contributed by atoms with Gasteiger partial charge in [-0.2, -0.15) is 0 Å². The van der Waals surface area contributed by atoms with Crippen molar-refractivity contribution in [2.45, 2.75) is 0 Å². The fourth-order valence-corrected chi connectivity index (χ4v) is 0.752. The monoisotopic (exact) mass is 199 g/mol. The lowest BCUT2D eigenvalue weighted by Crippen LogP contribution is -2.18. The minimum Gasteiger partial charge on any atom is -0.728 e. The van der Waals surface area contributed by atoms with Gasteiger partial charge in [0.05, 0.1) is 12.0 Å². The second-order valence-corrected chi connectivity index (χ2v) is 2.25. The molecule has 0 aliphatic carbocycles. The fraction of sp³-hybridized carbons (Fsp3) is 0.143. The molecule has 0 N–H and O–H groups in total. The Morgan fingerprint density at radius 3 is 2.36 bits per heavy atom. The van der Waals surface area contributed by atoms with Crippen LogP contribution < -0.4 is 4.84 Å². The van der Waals surface area contributed by atoms with Crippen LogP contribution in [0.3, 0.4) is 0 Å². The summed E-state index contributed by atoms with van der Waals surface area (Å²) in [6.45, 7) is 0. The molecule has 0 atom stereocenters. The van der Waals surface area contributed by atoms with E-state index in [0.29, 0.717) is 0 Å². The Kier molecular flexibility index (Phi) is 3.35. The Hall–Kier alpha value is -1.70. The number of benzene rings is 1. The molecule has 1 aromatic rings. The third-order valence-corrected chi connectivity index (χ3v) is 1.38. The predicted molar refractivity (Wildman–Crippen MR) is 45.9 cm³/mol. The number of nitro benzene ring substituents is 1. The largest absolute Gasteiger partial charge is 0.728 e. The molecule has 0 fully saturated rings. The lowest BCUT2D eigenvalue weighted by Gasteiger charge is -2.23. The SMILES string of the molecule is CON([O-])Oc1ccc([N+](=O)[O-])cc1. The topological polar surface area (TPSA) is 87.9 Å². The molecule has 76 valence electrons. The molecule has 0 saturated carbocycles. The minimum absolute atomic E-state index is 0.0767. The van der Waals surface area contributed by atoms with E-state index in [1.165, 1.54) is 24.3 Å². The van der Waals surface area contributed by atoms with E-state index in [1.807, 2.05) is 0 Å². The summed E-state index contributed by atoms with van der Waals surface area (Å²) in [6, 6.07) is 5.03. The molecule has 0 spiro atoms. The molecule has 7 heteroatoms. The van der Waals surface area contributed by atoms with Crippen LogP contribution in [0.15, 0.2) is 24.3 Å². The molecular formula is C7H7N2O5-. The Morgan fingerprint density at radius 2 is 1.93 bits per heavy atom. The van der Waals surface area contributed by atoms with E-state index < -0.39 is 4.92 Å². The van der Waals surface area contributed by atoms with E-state index in [2.05, 4.69) is 9.68 Å². The highest BCUT2D eigenvalue weighted by Crippen LogP contribution is 2.17. The van der Waals surface area contributed by atoms with E-state index in [-0.39, 0.29) is 16.8 Å². The average Bonchev–Trinajstić information content (AvgIpc) is 2.18. The molecule has 0 bridgehead atoms. The lowest BCUT2D eigenvalue weighted by molar-refractivity contribution is -0.384. The summed E-state index contributed by atoms with van der Waals surface area (Å²) in [5.74, 6) is 0.160. The van der Waals surface area contributed by atoms with Gasteiger partial charge in [0, 0.05) is 12.1 Å². The van der Waals surface area contributed by atoms with Crippen LogP contribution in [0.25, 0.3) is 0 Å². The Morgan fingerprint density at radius 1 is 1.36 bits per heavy atom. The van der Waals surface area contributed by atoms with Gasteiger partial charge in [0.1, 0.15) is 5.75 Å². The summed E-state index contributed by atoms with van der Waals surface area (Å²) in [4.78, 5) is 18.4. The van der Waals surface area contributed by atoms with Crippen molar-refractivity contribution in [3.05, 3.63) is 39.6 Å². The maximum Gasteiger partial charge on any atom is 0.269 e. The Bertz CT molecular complexity index is 312. The van der Waals surface area contributed by atoms with Gasteiger partial charge in [-0.05, 0) is 12.1 Å². The summed E-state index contributed by atoms with van der Waals surface area (Å²) < 4.78 is 0. The molecule has 0 amide bonds. The van der Waals surface area contributed by atoms with Gasteiger partial charge in [0.25, 0.3) is 5.69 Å². The zero-order valence-electron chi connectivity index (χ0n) is 7.25. The second kappa shape index (κ2) is 4.51. The number of nitro groups is 1. The molecule has 0 saturated heterocycles. The van der Waals surface area contributed by atoms with Crippen molar-refractivity contribution in [1.29, 1.82) is 0 Å². The van der Waals surface area contributed by atoms with Gasteiger partial charge in [-0.1, -0.05) is 5.39 Å². The standard InChI is InChI=1S/C7H7N2O5/c1-13-9(12)14-7-4-2-6(3-5-7)8(10)11/h2-5H,1H3/q-1. The molecule has 0 aliphatic heterocycles. The van der Waals surface area contributed by atoms with Crippen molar-refractivity contribution >= 4 is 5.69 Å². The van der Waals surface area contributed by atoms with E-state index in [9.17, 15) is 15.3 Å². The lowest BCUT2D eigenvalue weighted by atomic mass is 10.3. The van der Waals surface area contributed by atoms with Crippen molar-refractivity contribution in [2.75, 3.05) is 7.11 Å². The quantitative estimate of drug-likeness (QED) is 0.535. The minimum atomic E-state index is -0.547. The third kappa shape index (κ3) is 2.66. The molecule has 1 aromatic carbocycles. The van der Waals surface area contributed by atoms with Crippen molar-refractivity contribution < 1.29 is 14.6 Å². The first-order valence-electron chi connectivity index (χ1n) is 3.57. The molecule has 1 rings (SSSR count). The van der Waals surface area contributed by atoms with Crippen LogP contribution in [-0.4, -0.2) is 17.4 Å². The van der Waals surface area contributed by atoms with E-state index in [4.69, 9.17) is 0 Å². The number of non-ortho nitro benzene ring substituents is 1. The van der Waals surface area contributed by atoms with Crippen molar-refractivity contribution in [1.82, 2.24) is 5.39 Å². The van der Waals surface area contributed by atoms with Crippen LogP contribution in [0.2, 0.25) is 0 Å². The van der Waals surface area contributed by atoms with Gasteiger partial charge in [-0.25, -0.2) is 0 Å². The summed E-state index contributed by atoms with van der Waals surface area (Å²) in [7, 11) is 1.14. The number of rotatable bonds is 4. The van der Waals surface area contributed by atoms with E-state index in [0.717, 1.165) is 7.11 Å². The Labute approximate surface area is 79.1 Å². The van der Waals surface area contributed by atoms with Crippen molar-refractivity contribution in [3.63, 3.8) is 0 Å². The summed E-state index contributed by atoms with van der Waals surface area (Å²) in [5.41, 5.74) is -0.0767. The summed E-state index contributed by atoms with van der Waals surface area (Å²) in [6.07, 6.45) is 0. The molecule has 0 aromatic heterocycles. The van der Waals surface area contributed by atoms with Crippen molar-refractivity contribution in [3.8, 4) is 5.75 Å². The highest BCUT2D eigenvalue weighted by molar-refractivity contribution is 5.35. The number of nitrogens with zero attached hydrogens (tertiary/aromatic N) is 2. The van der Waals surface area contributed by atoms with Crippen LogP contribution >= 0.6 is 0 Å². The van der Waals surface area contributed by atoms with Gasteiger partial charge in [0.2, 0.25) is 0 Å². The first-order valence-corrected chi connectivity index (χ1v) is 3.57. The van der Waals surface area contributed by atoms with Crippen LogP contribution in [-0.2, 0) is 4.84 Å². The van der Waals surface area contributed by atoms with Gasteiger partial charge >= 0.3 is 0 Å². The van der Waals surface area contributed by atoms with E-state index in [1.54, 1.807) is 0 Å². The molecule has 0 aliphatic rings. The van der Waals surface area contributed by atoms with E-state index >= 15 is 0 Å². The molecule has 0 heterocycles. The second-order valence-electron chi connectivity index (χ2n) is 2.25. The van der Waals surface area contributed by atoms with Gasteiger partial charge < -0.3 is 10.0 Å². The normalized spacial score (nSPS) is 10.2. The number of hydrogen-bond acceptors (Lipinski definition) is 6. The highest BCUT2D eigenvalue weighted by Gasteiger charge is 2.04. The Balaban J connectivity index is 2.68. The number of hydrogen-bond donors (Lipinski definition) is 0. The third-order valence-electron chi connectivity index (χ3n) is 1.38. The maximum absolute atomic E-state index is 10.5. The molecule has 0 unspecified atom stereocenters. The molecule has 14 heavy (non-hydrogen) atoms. The van der Waals surface area contributed by atoms with Gasteiger partial charge in [0.15, 0.2) is 0 Å². The van der Waals surface area contributed by atoms with Crippen molar-refractivity contribution in [2.24, 2.45) is 0 Å². The first kappa shape index (κ1) is 10.4. The summed E-state index contributed by atoms with van der Waals surface area (Å²) in [5, 5.41) is 20.7. The maximum atomic E-state index is 10.5. The van der Waals surface area contributed by atoms with Crippen LogP contribution in [0, 0.1) is 15.3 Å². The van der Waals surface area contributed by atoms with Gasteiger partial charge in [-0.3, -0.25) is 15.0 Å². The summed E-state index contributed by atoms with van der Waals surface area (Å²) >= 11 is 0. The zero-order chi connectivity index (χ0) is 10.6. The van der Waals surface area contributed by atoms with Crippen LogP contribution in [0.4, 0.5) is 5.69 Å². The first-order chi connectivity index (χ1) is 6.63. The smallest absolute Gasteiger partial charge is 0.269 e. The fourth-order valence-electron chi connectivity index (χ4n) is 0.752. The molecular weight excluding hydrogens is 192 g/mol. The van der Waals surface area contributed by atoms with Crippen LogP contribution in [0.1, 0.15) is 0 Å². The van der Waals surface area contributed by atoms with Gasteiger partial charge in [-0.15, -0.1) is 0 Å². The predicted octanol–water partition coefficient (Wildman–Crippen LogP) is 1.25. The molecule has 7 nitrogen and oxygen atoms in total. The van der Waals surface area contributed by atoms with Crippen LogP contribution in [0.5, 0.6) is 5.75 Å². The molecule has 0 radical (unpaired) electrons.